The van der Waals surface area contributed by atoms with Gasteiger partial charge >= 0.3 is 0 Å². The van der Waals surface area contributed by atoms with Gasteiger partial charge in [-0.3, -0.25) is 9.59 Å². The van der Waals surface area contributed by atoms with Gasteiger partial charge in [0.05, 0.1) is 22.2 Å². The second-order valence-corrected chi connectivity index (χ2v) is 9.76. The van der Waals surface area contributed by atoms with Gasteiger partial charge in [-0.2, -0.15) is 0 Å². The minimum absolute atomic E-state index is 0.344. The number of halogens is 2. The topological polar surface area (TPSA) is 51.5 Å². The fourth-order valence-electron chi connectivity index (χ4n) is 4.00. The van der Waals surface area contributed by atoms with Crippen molar-refractivity contribution >= 4 is 68.8 Å². The third-order valence-corrected chi connectivity index (χ3v) is 7.02. The predicted octanol–water partition coefficient (Wildman–Crippen LogP) is 7.66. The van der Waals surface area contributed by atoms with Crippen molar-refractivity contribution in [2.45, 2.75) is 13.0 Å². The Bertz CT molecular complexity index is 1460. The maximum Gasteiger partial charge on any atom is 0.298 e. The Hall–Kier alpha value is -3.19. The highest BCUT2D eigenvalue weighted by Gasteiger charge is 2.36. The summed E-state index contributed by atoms with van der Waals surface area (Å²) >= 11 is 13.1. The molecule has 0 radical (unpaired) electrons. The Morgan fingerprint density at radius 1 is 0.943 bits per heavy atom. The van der Waals surface area contributed by atoms with Crippen LogP contribution in [-0.2, 0) is 11.3 Å². The summed E-state index contributed by atoms with van der Waals surface area (Å²) in [4.78, 5) is 27.3. The molecule has 5 rings (SSSR count). The van der Waals surface area contributed by atoms with Gasteiger partial charge in [-0.1, -0.05) is 59.6 Å². The lowest BCUT2D eigenvalue weighted by atomic mass is 10.1. The van der Waals surface area contributed by atoms with Gasteiger partial charge in [-0.25, -0.2) is 4.90 Å². The molecule has 3 aromatic carbocycles. The lowest BCUT2D eigenvalue weighted by Crippen LogP contribution is -2.27. The molecule has 0 bridgehead atoms. The molecular weight excluding hydrogens is 503 g/mol. The van der Waals surface area contributed by atoms with Crippen molar-refractivity contribution in [2.24, 2.45) is 0 Å². The average Bonchev–Trinajstić information content (AvgIpc) is 3.34. The number of nitrogens with zero attached hydrogens (tertiary/aromatic N) is 2. The van der Waals surface area contributed by atoms with E-state index in [1.165, 1.54) is 0 Å². The molecule has 1 aromatic heterocycles. The van der Waals surface area contributed by atoms with Crippen LogP contribution in [0.4, 0.5) is 10.5 Å². The Morgan fingerprint density at radius 2 is 1.74 bits per heavy atom. The summed E-state index contributed by atoms with van der Waals surface area (Å²) in [6.45, 7) is 1.24. The van der Waals surface area contributed by atoms with Gasteiger partial charge < -0.3 is 9.30 Å². The molecule has 2 amide bonds. The summed E-state index contributed by atoms with van der Waals surface area (Å²) in [5.41, 5.74) is 2.39. The number of carbonyl (C=O) groups excluding carboxylic acids is 2. The van der Waals surface area contributed by atoms with Gasteiger partial charge in [0.15, 0.2) is 0 Å². The highest BCUT2D eigenvalue weighted by molar-refractivity contribution is 8.19. The fraction of sp³-hybridized carbons (Fsp3) is 0.111. The molecule has 0 N–H and O–H groups in total. The molecule has 0 unspecified atom stereocenters. The first-order valence-corrected chi connectivity index (χ1v) is 12.6. The van der Waals surface area contributed by atoms with E-state index in [1.807, 2.05) is 48.7 Å². The van der Waals surface area contributed by atoms with E-state index >= 15 is 0 Å². The second kappa shape index (κ2) is 10.2. The van der Waals surface area contributed by atoms with Gasteiger partial charge in [-0.05, 0) is 60.7 Å². The van der Waals surface area contributed by atoms with Gasteiger partial charge in [0.1, 0.15) is 5.75 Å². The van der Waals surface area contributed by atoms with Crippen LogP contribution in [0.15, 0.2) is 83.9 Å². The van der Waals surface area contributed by atoms with E-state index in [0.29, 0.717) is 33.0 Å². The van der Waals surface area contributed by atoms with Crippen molar-refractivity contribution in [2.75, 3.05) is 11.5 Å². The molecule has 2 heterocycles. The third kappa shape index (κ3) is 4.96. The van der Waals surface area contributed by atoms with E-state index < -0.39 is 0 Å². The molecule has 0 atom stereocenters. The number of aromatic nitrogens is 1. The van der Waals surface area contributed by atoms with E-state index in [2.05, 4.69) is 4.57 Å². The average molecular weight is 523 g/mol. The Labute approximate surface area is 216 Å². The zero-order valence-electron chi connectivity index (χ0n) is 18.5. The number of amides is 2. The molecule has 1 aliphatic heterocycles. The first-order chi connectivity index (χ1) is 17.0. The molecule has 1 saturated heterocycles. The SMILES string of the molecule is O=C1S/C(=C\c2cn(CCCOc3ccccc3Cl)c3ccccc23)C(=O)N1c1cccc(Cl)c1. The zero-order valence-corrected chi connectivity index (χ0v) is 20.8. The monoisotopic (exact) mass is 522 g/mol. The number of anilines is 1. The number of thioether (sulfide) groups is 1. The number of fused-ring (bicyclic) bond motifs is 1. The lowest BCUT2D eigenvalue weighted by Gasteiger charge is -2.12. The number of hydrogen-bond donors (Lipinski definition) is 0. The molecule has 0 spiro atoms. The number of rotatable bonds is 7. The van der Waals surface area contributed by atoms with Gasteiger partial charge in [0.25, 0.3) is 11.1 Å². The van der Waals surface area contributed by atoms with Crippen LogP contribution in [0.25, 0.3) is 17.0 Å². The molecule has 1 aliphatic rings. The highest BCUT2D eigenvalue weighted by atomic mass is 35.5. The molecule has 1 fully saturated rings. The number of carbonyl (C=O) groups is 2. The zero-order chi connectivity index (χ0) is 24.4. The number of imide groups is 1. The van der Waals surface area contributed by atoms with Crippen molar-refractivity contribution in [3.63, 3.8) is 0 Å². The maximum absolute atomic E-state index is 13.1. The molecule has 0 saturated carbocycles. The summed E-state index contributed by atoms with van der Waals surface area (Å²) in [5.74, 6) is 0.315. The van der Waals surface area contributed by atoms with Gasteiger partial charge in [0, 0.05) is 34.2 Å². The van der Waals surface area contributed by atoms with Crippen molar-refractivity contribution in [3.8, 4) is 5.75 Å². The van der Waals surface area contributed by atoms with Gasteiger partial charge in [-0.15, -0.1) is 0 Å². The van der Waals surface area contributed by atoms with E-state index in [9.17, 15) is 9.59 Å². The van der Waals surface area contributed by atoms with Crippen LogP contribution in [0, 0.1) is 0 Å². The van der Waals surface area contributed by atoms with Crippen LogP contribution < -0.4 is 9.64 Å². The normalized spacial score (nSPS) is 14.9. The van der Waals surface area contributed by atoms with Crippen LogP contribution in [0.2, 0.25) is 10.0 Å². The summed E-state index contributed by atoms with van der Waals surface area (Å²) in [5, 5.41) is 1.72. The van der Waals surface area contributed by atoms with Crippen molar-refractivity contribution in [1.29, 1.82) is 0 Å². The number of para-hydroxylation sites is 2. The molecule has 35 heavy (non-hydrogen) atoms. The Balaban J connectivity index is 1.36. The summed E-state index contributed by atoms with van der Waals surface area (Å²) in [6.07, 6.45) is 4.57. The highest BCUT2D eigenvalue weighted by Crippen LogP contribution is 2.37. The summed E-state index contributed by atoms with van der Waals surface area (Å²) in [6, 6.07) is 22.1. The number of hydrogen-bond acceptors (Lipinski definition) is 4. The number of benzene rings is 3. The van der Waals surface area contributed by atoms with E-state index in [-0.39, 0.29) is 11.1 Å². The summed E-state index contributed by atoms with van der Waals surface area (Å²) < 4.78 is 7.95. The van der Waals surface area contributed by atoms with E-state index in [1.54, 1.807) is 36.4 Å². The second-order valence-electron chi connectivity index (χ2n) is 7.92. The third-order valence-electron chi connectivity index (χ3n) is 5.60. The smallest absolute Gasteiger partial charge is 0.298 e. The molecule has 4 aromatic rings. The van der Waals surface area contributed by atoms with Crippen LogP contribution in [0.1, 0.15) is 12.0 Å². The van der Waals surface area contributed by atoms with E-state index in [0.717, 1.165) is 46.1 Å². The number of aryl methyl sites for hydroxylation is 1. The number of ether oxygens (including phenoxy) is 1. The van der Waals surface area contributed by atoms with Crippen LogP contribution in [-0.4, -0.2) is 22.3 Å². The fourth-order valence-corrected chi connectivity index (χ4v) is 5.21. The van der Waals surface area contributed by atoms with Gasteiger partial charge in [0.2, 0.25) is 0 Å². The molecule has 5 nitrogen and oxygen atoms in total. The lowest BCUT2D eigenvalue weighted by molar-refractivity contribution is -0.113. The quantitative estimate of drug-likeness (QED) is 0.184. The Kier molecular flexibility index (Phi) is 6.86. The predicted molar refractivity (Wildman–Crippen MR) is 143 cm³/mol. The maximum atomic E-state index is 13.1. The first-order valence-electron chi connectivity index (χ1n) is 11.0. The molecule has 0 aliphatic carbocycles. The van der Waals surface area contributed by atoms with Crippen molar-refractivity contribution < 1.29 is 14.3 Å². The minimum Gasteiger partial charge on any atom is -0.492 e. The van der Waals surface area contributed by atoms with Crippen LogP contribution in [0.5, 0.6) is 5.75 Å². The molecular formula is C27H20Cl2N2O3S. The summed E-state index contributed by atoms with van der Waals surface area (Å²) in [7, 11) is 0. The first kappa shape index (κ1) is 23.5. The van der Waals surface area contributed by atoms with Crippen LogP contribution >= 0.6 is 35.0 Å². The van der Waals surface area contributed by atoms with E-state index in [4.69, 9.17) is 27.9 Å². The molecule has 8 heteroatoms. The largest absolute Gasteiger partial charge is 0.492 e. The Morgan fingerprint density at radius 3 is 2.57 bits per heavy atom. The van der Waals surface area contributed by atoms with Crippen molar-refractivity contribution in [1.82, 2.24) is 4.57 Å². The van der Waals surface area contributed by atoms with Crippen LogP contribution in [0.3, 0.4) is 0 Å². The van der Waals surface area contributed by atoms with Crippen molar-refractivity contribution in [3.05, 3.63) is 99.5 Å². The molecule has 176 valence electrons. The minimum atomic E-state index is -0.354. The standard InChI is InChI=1S/C27H20Cl2N2O3S/c28-19-7-5-8-20(16-19)31-26(32)25(35-27(31)33)15-18-17-30(23-11-3-1-9-21(18)23)13-6-14-34-24-12-4-2-10-22(24)29/h1-5,7-12,15-17H,6,13-14H2/b25-15-.